The molecule has 3 fully saturated rings. The fraction of sp³-hybridized carbons (Fsp3) is 0.500. The second kappa shape index (κ2) is 9.51. The molecule has 2 atom stereocenters. The number of piperazine rings is 1. The normalized spacial score (nSPS) is 23.7. The summed E-state index contributed by atoms with van der Waals surface area (Å²) in [5.41, 5.74) is 0.697. The first-order valence-electron chi connectivity index (χ1n) is 12.1. The number of nitrogens with zero attached hydrogens (tertiary/aromatic N) is 3. The van der Waals surface area contributed by atoms with Crippen LogP contribution in [0, 0.1) is 5.92 Å². The van der Waals surface area contributed by atoms with Crippen LogP contribution in [0.3, 0.4) is 0 Å². The van der Waals surface area contributed by atoms with Crippen LogP contribution in [0.1, 0.15) is 36.0 Å². The SMILES string of the molecule is O=C(c1cccc2ccccc12)N1CCCC(C(=O)N2CCN(C(=O)C3CCCO3)CC2)C1. The van der Waals surface area contributed by atoms with Gasteiger partial charge in [0.1, 0.15) is 6.10 Å². The second-order valence-corrected chi connectivity index (χ2v) is 9.27. The first-order chi connectivity index (χ1) is 16.1. The Kier molecular flexibility index (Phi) is 6.31. The van der Waals surface area contributed by atoms with E-state index in [1.54, 1.807) is 0 Å². The molecule has 2 unspecified atom stereocenters. The zero-order valence-electron chi connectivity index (χ0n) is 18.9. The van der Waals surface area contributed by atoms with E-state index in [9.17, 15) is 14.4 Å². The molecule has 3 heterocycles. The van der Waals surface area contributed by atoms with Crippen molar-refractivity contribution < 1.29 is 19.1 Å². The quantitative estimate of drug-likeness (QED) is 0.722. The van der Waals surface area contributed by atoms with Crippen molar-refractivity contribution in [3.8, 4) is 0 Å². The summed E-state index contributed by atoms with van der Waals surface area (Å²) in [6, 6.07) is 13.7. The molecule has 0 bridgehead atoms. The number of fused-ring (bicyclic) bond motifs is 1. The molecule has 2 aromatic rings. The van der Waals surface area contributed by atoms with Gasteiger partial charge in [-0.15, -0.1) is 0 Å². The fourth-order valence-corrected chi connectivity index (χ4v) is 5.33. The molecular formula is C26H31N3O4. The number of carbonyl (C=O) groups is 3. The Morgan fingerprint density at radius 2 is 1.48 bits per heavy atom. The van der Waals surface area contributed by atoms with Crippen molar-refractivity contribution >= 4 is 28.5 Å². The van der Waals surface area contributed by atoms with Gasteiger partial charge in [0.2, 0.25) is 5.91 Å². The van der Waals surface area contributed by atoms with Crippen molar-refractivity contribution in [1.29, 1.82) is 0 Å². The third-order valence-corrected chi connectivity index (χ3v) is 7.19. The fourth-order valence-electron chi connectivity index (χ4n) is 5.33. The van der Waals surface area contributed by atoms with Gasteiger partial charge in [-0.1, -0.05) is 36.4 Å². The Morgan fingerprint density at radius 1 is 0.758 bits per heavy atom. The number of amides is 3. The standard InChI is InChI=1S/C26H31N3O4/c30-24(27-13-15-28(16-14-27)26(32)23-11-5-17-33-23)20-8-4-12-29(18-20)25(31)22-10-3-7-19-6-1-2-9-21(19)22/h1-3,6-7,9-10,20,23H,4-5,8,11-18H2. The maximum Gasteiger partial charge on any atom is 0.254 e. The van der Waals surface area contributed by atoms with Crippen molar-refractivity contribution in [2.75, 3.05) is 45.9 Å². The van der Waals surface area contributed by atoms with Gasteiger partial charge in [0.25, 0.3) is 11.8 Å². The van der Waals surface area contributed by atoms with Crippen molar-refractivity contribution in [2.45, 2.75) is 31.8 Å². The lowest BCUT2D eigenvalue weighted by molar-refractivity contribution is -0.147. The van der Waals surface area contributed by atoms with Crippen molar-refractivity contribution in [2.24, 2.45) is 5.92 Å². The largest absolute Gasteiger partial charge is 0.368 e. The number of carbonyl (C=O) groups excluding carboxylic acids is 3. The monoisotopic (exact) mass is 449 g/mol. The third-order valence-electron chi connectivity index (χ3n) is 7.19. The summed E-state index contributed by atoms with van der Waals surface area (Å²) in [5.74, 6) is -0.0202. The highest BCUT2D eigenvalue weighted by molar-refractivity contribution is 6.07. The summed E-state index contributed by atoms with van der Waals surface area (Å²) in [5, 5.41) is 1.99. The van der Waals surface area contributed by atoms with Gasteiger partial charge in [-0.2, -0.15) is 0 Å². The highest BCUT2D eigenvalue weighted by Crippen LogP contribution is 2.25. The molecule has 5 rings (SSSR count). The molecule has 33 heavy (non-hydrogen) atoms. The number of hydrogen-bond donors (Lipinski definition) is 0. The van der Waals surface area contributed by atoms with Gasteiger partial charge >= 0.3 is 0 Å². The first-order valence-corrected chi connectivity index (χ1v) is 12.1. The average molecular weight is 450 g/mol. The average Bonchev–Trinajstić information content (AvgIpc) is 3.42. The Labute approximate surface area is 194 Å². The number of piperidine rings is 1. The Bertz CT molecular complexity index is 1040. The van der Waals surface area contributed by atoms with E-state index in [1.165, 1.54) is 0 Å². The van der Waals surface area contributed by atoms with Crippen LogP contribution in [0.5, 0.6) is 0 Å². The lowest BCUT2D eigenvalue weighted by atomic mass is 9.95. The van der Waals surface area contributed by atoms with Gasteiger partial charge < -0.3 is 19.4 Å². The highest BCUT2D eigenvalue weighted by atomic mass is 16.5. The molecule has 3 amide bonds. The Morgan fingerprint density at radius 3 is 2.24 bits per heavy atom. The predicted octanol–water partition coefficient (Wildman–Crippen LogP) is 2.54. The van der Waals surface area contributed by atoms with Crippen molar-refractivity contribution in [3.63, 3.8) is 0 Å². The molecule has 0 saturated carbocycles. The molecule has 3 aliphatic rings. The molecule has 0 aromatic heterocycles. The van der Waals surface area contributed by atoms with Gasteiger partial charge in [0, 0.05) is 51.4 Å². The molecule has 7 heteroatoms. The zero-order valence-corrected chi connectivity index (χ0v) is 18.9. The summed E-state index contributed by atoms with van der Waals surface area (Å²) in [4.78, 5) is 44.7. The van der Waals surface area contributed by atoms with E-state index in [2.05, 4.69) is 0 Å². The highest BCUT2D eigenvalue weighted by Gasteiger charge is 2.35. The van der Waals surface area contributed by atoms with Crippen LogP contribution in [0.2, 0.25) is 0 Å². The van der Waals surface area contributed by atoms with E-state index in [0.29, 0.717) is 51.4 Å². The van der Waals surface area contributed by atoms with E-state index in [4.69, 9.17) is 4.74 Å². The topological polar surface area (TPSA) is 70.2 Å². The molecular weight excluding hydrogens is 418 g/mol. The van der Waals surface area contributed by atoms with Crippen LogP contribution < -0.4 is 0 Å². The van der Waals surface area contributed by atoms with Crippen LogP contribution in [-0.2, 0) is 14.3 Å². The van der Waals surface area contributed by atoms with Gasteiger partial charge in [0.15, 0.2) is 0 Å². The lowest BCUT2D eigenvalue weighted by Crippen LogP contribution is -2.55. The molecule has 0 aliphatic carbocycles. The zero-order chi connectivity index (χ0) is 22.8. The van der Waals surface area contributed by atoms with Crippen LogP contribution in [0.25, 0.3) is 10.8 Å². The maximum absolute atomic E-state index is 13.3. The molecule has 3 saturated heterocycles. The van der Waals surface area contributed by atoms with E-state index in [1.807, 2.05) is 57.2 Å². The number of likely N-dealkylation sites (tertiary alicyclic amines) is 1. The molecule has 2 aromatic carbocycles. The minimum absolute atomic E-state index is 0.00344. The van der Waals surface area contributed by atoms with Gasteiger partial charge in [-0.25, -0.2) is 0 Å². The minimum Gasteiger partial charge on any atom is -0.368 e. The summed E-state index contributed by atoms with van der Waals surface area (Å²) in [6.07, 6.45) is 3.04. The van der Waals surface area contributed by atoms with Crippen LogP contribution >= 0.6 is 0 Å². The molecule has 174 valence electrons. The first kappa shape index (κ1) is 21.9. The third kappa shape index (κ3) is 4.47. The van der Waals surface area contributed by atoms with Gasteiger partial charge in [-0.3, -0.25) is 14.4 Å². The van der Waals surface area contributed by atoms with E-state index >= 15 is 0 Å². The molecule has 0 N–H and O–H groups in total. The van der Waals surface area contributed by atoms with E-state index < -0.39 is 0 Å². The molecule has 0 radical (unpaired) electrons. The minimum atomic E-state index is -0.306. The predicted molar refractivity (Wildman–Crippen MR) is 125 cm³/mol. The van der Waals surface area contributed by atoms with E-state index in [0.717, 1.165) is 36.5 Å². The number of ether oxygens (including phenoxy) is 1. The Balaban J connectivity index is 1.20. The molecule has 3 aliphatic heterocycles. The van der Waals surface area contributed by atoms with Crippen molar-refractivity contribution in [1.82, 2.24) is 14.7 Å². The molecule has 0 spiro atoms. The van der Waals surface area contributed by atoms with E-state index in [-0.39, 0.29) is 29.7 Å². The van der Waals surface area contributed by atoms with Crippen LogP contribution in [0.4, 0.5) is 0 Å². The van der Waals surface area contributed by atoms with Gasteiger partial charge in [0.05, 0.1) is 5.92 Å². The number of rotatable bonds is 3. The van der Waals surface area contributed by atoms with Crippen molar-refractivity contribution in [3.05, 3.63) is 48.0 Å². The Hall–Kier alpha value is -2.93. The summed E-state index contributed by atoms with van der Waals surface area (Å²) < 4.78 is 5.53. The van der Waals surface area contributed by atoms with Crippen LogP contribution in [-0.4, -0.2) is 84.4 Å². The summed E-state index contributed by atoms with van der Waals surface area (Å²) >= 11 is 0. The van der Waals surface area contributed by atoms with Gasteiger partial charge in [-0.05, 0) is 42.5 Å². The lowest BCUT2D eigenvalue weighted by Gasteiger charge is -2.39. The van der Waals surface area contributed by atoms with Crippen LogP contribution in [0.15, 0.2) is 42.5 Å². The number of benzene rings is 2. The smallest absolute Gasteiger partial charge is 0.254 e. The number of hydrogen-bond acceptors (Lipinski definition) is 4. The molecule has 7 nitrogen and oxygen atoms in total. The second-order valence-electron chi connectivity index (χ2n) is 9.27. The summed E-state index contributed by atoms with van der Waals surface area (Å²) in [7, 11) is 0. The summed E-state index contributed by atoms with van der Waals surface area (Å²) in [6.45, 7) is 3.98. The maximum atomic E-state index is 13.3.